The fraction of sp³-hybridized carbons (Fsp3) is 0.500. The molecule has 0 spiro atoms. The number of hydrogen-bond acceptors (Lipinski definition) is 2. The molecule has 0 atom stereocenters. The summed E-state index contributed by atoms with van der Waals surface area (Å²) in [6, 6.07) is 3.22. The largest absolute Gasteiger partial charge is 0.351 e. The molecule has 0 saturated heterocycles. The highest BCUT2D eigenvalue weighted by Gasteiger charge is 2.06. The first-order chi connectivity index (χ1) is 7.59. The van der Waals surface area contributed by atoms with Gasteiger partial charge in [0, 0.05) is 17.8 Å². The van der Waals surface area contributed by atoms with Gasteiger partial charge in [0.2, 0.25) is 0 Å². The number of nitrogens with one attached hydrogen (secondary N) is 1. The van der Waals surface area contributed by atoms with Gasteiger partial charge < -0.3 is 5.32 Å². The van der Waals surface area contributed by atoms with Crippen molar-refractivity contribution in [1.29, 1.82) is 0 Å². The monoisotopic (exact) mass is 240 g/mol. The average molecular weight is 241 g/mol. The maximum Gasteiger partial charge on any atom is 0.269 e. The van der Waals surface area contributed by atoms with Crippen molar-refractivity contribution in [2.24, 2.45) is 5.92 Å². The molecule has 1 rings (SSSR count). The third kappa shape index (κ3) is 4.62. The van der Waals surface area contributed by atoms with Gasteiger partial charge in [-0.25, -0.2) is 0 Å². The van der Waals surface area contributed by atoms with Crippen LogP contribution < -0.4 is 5.32 Å². The summed E-state index contributed by atoms with van der Waals surface area (Å²) in [6.45, 7) is 5.02. The van der Waals surface area contributed by atoms with Crippen LogP contribution in [0, 0.1) is 5.92 Å². The molecular formula is C12H17ClN2O. The van der Waals surface area contributed by atoms with Gasteiger partial charge in [-0.05, 0) is 30.9 Å². The number of rotatable bonds is 5. The van der Waals surface area contributed by atoms with Crippen LogP contribution in [-0.2, 0) is 0 Å². The standard InChI is InChI=1S/C12H17ClN2O/c1-9(2)4-3-6-15-12(16)11-8-10(13)5-7-14-11/h5,7-9H,3-4,6H2,1-2H3,(H,15,16). The van der Waals surface area contributed by atoms with Crippen molar-refractivity contribution in [1.82, 2.24) is 10.3 Å². The Morgan fingerprint density at radius 2 is 2.31 bits per heavy atom. The summed E-state index contributed by atoms with van der Waals surface area (Å²) in [5.74, 6) is 0.507. The van der Waals surface area contributed by atoms with E-state index in [9.17, 15) is 4.79 Å². The molecule has 0 aromatic carbocycles. The molecule has 1 aromatic heterocycles. The summed E-state index contributed by atoms with van der Waals surface area (Å²) in [5.41, 5.74) is 0.372. The number of nitrogens with zero attached hydrogens (tertiary/aromatic N) is 1. The Kier molecular flexibility index (Phi) is 5.26. The van der Waals surface area contributed by atoms with Crippen LogP contribution in [0.1, 0.15) is 37.2 Å². The zero-order valence-corrected chi connectivity index (χ0v) is 10.4. The zero-order chi connectivity index (χ0) is 12.0. The fourth-order valence-electron chi connectivity index (χ4n) is 1.33. The van der Waals surface area contributed by atoms with Gasteiger partial charge in [-0.1, -0.05) is 25.4 Å². The maximum atomic E-state index is 11.6. The minimum atomic E-state index is -0.161. The minimum Gasteiger partial charge on any atom is -0.351 e. The van der Waals surface area contributed by atoms with Crippen molar-refractivity contribution in [2.75, 3.05) is 6.54 Å². The topological polar surface area (TPSA) is 42.0 Å². The summed E-state index contributed by atoms with van der Waals surface area (Å²) in [7, 11) is 0. The quantitative estimate of drug-likeness (QED) is 0.805. The normalized spacial score (nSPS) is 10.5. The van der Waals surface area contributed by atoms with Gasteiger partial charge in [-0.2, -0.15) is 0 Å². The van der Waals surface area contributed by atoms with E-state index in [-0.39, 0.29) is 5.91 Å². The SMILES string of the molecule is CC(C)CCCNC(=O)c1cc(Cl)ccn1. The number of aromatic nitrogens is 1. The Balaban J connectivity index is 2.35. The minimum absolute atomic E-state index is 0.161. The molecule has 0 aliphatic carbocycles. The summed E-state index contributed by atoms with van der Waals surface area (Å²) in [4.78, 5) is 15.6. The number of carbonyl (C=O) groups is 1. The lowest BCUT2D eigenvalue weighted by Crippen LogP contribution is -2.25. The van der Waals surface area contributed by atoms with Crippen molar-refractivity contribution in [2.45, 2.75) is 26.7 Å². The maximum absolute atomic E-state index is 11.6. The lowest BCUT2D eigenvalue weighted by atomic mass is 10.1. The molecular weight excluding hydrogens is 224 g/mol. The lowest BCUT2D eigenvalue weighted by Gasteiger charge is -2.06. The molecule has 0 radical (unpaired) electrons. The van der Waals surface area contributed by atoms with Crippen LogP contribution in [0.5, 0.6) is 0 Å². The third-order valence-corrected chi connectivity index (χ3v) is 2.43. The second-order valence-electron chi connectivity index (χ2n) is 4.15. The average Bonchev–Trinajstić information content (AvgIpc) is 2.24. The Morgan fingerprint density at radius 1 is 1.56 bits per heavy atom. The van der Waals surface area contributed by atoms with Crippen LogP contribution in [0.4, 0.5) is 0 Å². The second-order valence-corrected chi connectivity index (χ2v) is 4.59. The predicted octanol–water partition coefficient (Wildman–Crippen LogP) is 2.90. The fourth-order valence-corrected chi connectivity index (χ4v) is 1.49. The van der Waals surface area contributed by atoms with Crippen LogP contribution in [-0.4, -0.2) is 17.4 Å². The molecule has 1 amide bonds. The molecule has 0 aliphatic rings. The molecule has 0 aliphatic heterocycles. The van der Waals surface area contributed by atoms with Gasteiger partial charge in [0.05, 0.1) is 0 Å². The highest BCUT2D eigenvalue weighted by molar-refractivity contribution is 6.30. The summed E-state index contributed by atoms with van der Waals surface area (Å²) >= 11 is 5.77. The molecule has 1 N–H and O–H groups in total. The van der Waals surface area contributed by atoms with Gasteiger partial charge in [0.1, 0.15) is 5.69 Å². The van der Waals surface area contributed by atoms with Crippen molar-refractivity contribution >= 4 is 17.5 Å². The van der Waals surface area contributed by atoms with E-state index in [1.54, 1.807) is 12.1 Å². The van der Waals surface area contributed by atoms with E-state index in [4.69, 9.17) is 11.6 Å². The van der Waals surface area contributed by atoms with Gasteiger partial charge in [0.15, 0.2) is 0 Å². The molecule has 0 unspecified atom stereocenters. The Labute approximate surface area is 101 Å². The molecule has 1 aromatic rings. The molecule has 3 nitrogen and oxygen atoms in total. The van der Waals surface area contributed by atoms with Gasteiger partial charge in [-0.15, -0.1) is 0 Å². The van der Waals surface area contributed by atoms with E-state index in [0.29, 0.717) is 23.2 Å². The Bertz CT molecular complexity index is 353. The molecule has 16 heavy (non-hydrogen) atoms. The number of halogens is 1. The van der Waals surface area contributed by atoms with E-state index >= 15 is 0 Å². The molecule has 1 heterocycles. The highest BCUT2D eigenvalue weighted by atomic mass is 35.5. The first-order valence-electron chi connectivity index (χ1n) is 5.49. The number of hydrogen-bond donors (Lipinski definition) is 1. The molecule has 0 bridgehead atoms. The van der Waals surface area contributed by atoms with Crippen LogP contribution in [0.3, 0.4) is 0 Å². The lowest BCUT2D eigenvalue weighted by molar-refractivity contribution is 0.0947. The van der Waals surface area contributed by atoms with E-state index in [0.717, 1.165) is 12.8 Å². The third-order valence-electron chi connectivity index (χ3n) is 2.20. The van der Waals surface area contributed by atoms with E-state index < -0.39 is 0 Å². The van der Waals surface area contributed by atoms with Crippen molar-refractivity contribution in [3.8, 4) is 0 Å². The van der Waals surface area contributed by atoms with Crippen LogP contribution in [0.25, 0.3) is 0 Å². The summed E-state index contributed by atoms with van der Waals surface area (Å²) in [5, 5.41) is 3.35. The number of carbonyl (C=O) groups excluding carboxylic acids is 1. The molecule has 4 heteroatoms. The first-order valence-corrected chi connectivity index (χ1v) is 5.87. The van der Waals surface area contributed by atoms with E-state index in [1.807, 2.05) is 0 Å². The highest BCUT2D eigenvalue weighted by Crippen LogP contribution is 2.08. The van der Waals surface area contributed by atoms with Gasteiger partial charge >= 0.3 is 0 Å². The van der Waals surface area contributed by atoms with Crippen molar-refractivity contribution < 1.29 is 4.79 Å². The van der Waals surface area contributed by atoms with Crippen LogP contribution in [0.2, 0.25) is 5.02 Å². The van der Waals surface area contributed by atoms with E-state index in [2.05, 4.69) is 24.1 Å². The molecule has 0 fully saturated rings. The molecule has 88 valence electrons. The van der Waals surface area contributed by atoms with Crippen LogP contribution in [0.15, 0.2) is 18.3 Å². The zero-order valence-electron chi connectivity index (χ0n) is 9.66. The van der Waals surface area contributed by atoms with Crippen molar-refractivity contribution in [3.05, 3.63) is 29.0 Å². The smallest absolute Gasteiger partial charge is 0.269 e. The number of amides is 1. The Hall–Kier alpha value is -1.09. The second kappa shape index (κ2) is 6.48. The predicted molar refractivity (Wildman–Crippen MR) is 65.7 cm³/mol. The van der Waals surface area contributed by atoms with Crippen LogP contribution >= 0.6 is 11.6 Å². The molecule has 0 saturated carbocycles. The summed E-state index contributed by atoms with van der Waals surface area (Å²) in [6.07, 6.45) is 3.64. The van der Waals surface area contributed by atoms with Gasteiger partial charge in [0.25, 0.3) is 5.91 Å². The number of pyridine rings is 1. The summed E-state index contributed by atoms with van der Waals surface area (Å²) < 4.78 is 0. The van der Waals surface area contributed by atoms with Gasteiger partial charge in [-0.3, -0.25) is 9.78 Å². The Morgan fingerprint density at radius 3 is 2.94 bits per heavy atom. The van der Waals surface area contributed by atoms with E-state index in [1.165, 1.54) is 6.20 Å². The first kappa shape index (κ1) is 13.0. The van der Waals surface area contributed by atoms with Crippen molar-refractivity contribution in [3.63, 3.8) is 0 Å².